The van der Waals surface area contributed by atoms with Crippen LogP contribution in [0.3, 0.4) is 0 Å². The molecule has 2 rings (SSSR count). The van der Waals surface area contributed by atoms with Gasteiger partial charge in [-0.3, -0.25) is 9.98 Å². The van der Waals surface area contributed by atoms with E-state index in [1.54, 1.807) is 0 Å². The second kappa shape index (κ2) is 5.54. The summed E-state index contributed by atoms with van der Waals surface area (Å²) in [5.41, 5.74) is 2.27. The lowest BCUT2D eigenvalue weighted by molar-refractivity contribution is 0.597. The van der Waals surface area contributed by atoms with E-state index in [0.29, 0.717) is 17.8 Å². The summed E-state index contributed by atoms with van der Waals surface area (Å²) in [6.07, 6.45) is 3.03. The van der Waals surface area contributed by atoms with Crippen LogP contribution in [0.4, 0.5) is 0 Å². The first-order chi connectivity index (χ1) is 8.15. The molecule has 0 aromatic carbocycles. The summed E-state index contributed by atoms with van der Waals surface area (Å²) in [6, 6.07) is 4.56. The summed E-state index contributed by atoms with van der Waals surface area (Å²) >= 11 is 1.83. The molecule has 1 aliphatic heterocycles. The zero-order valence-corrected chi connectivity index (χ0v) is 11.4. The first-order valence-electron chi connectivity index (χ1n) is 6.03. The van der Waals surface area contributed by atoms with Crippen molar-refractivity contribution in [3.05, 3.63) is 29.6 Å². The van der Waals surface area contributed by atoms with Crippen molar-refractivity contribution in [3.8, 4) is 0 Å². The molecule has 4 heteroatoms. The number of amidine groups is 1. The van der Waals surface area contributed by atoms with Crippen LogP contribution in [-0.4, -0.2) is 21.4 Å². The molecule has 0 amide bonds. The molecule has 1 fully saturated rings. The highest BCUT2D eigenvalue weighted by Crippen LogP contribution is 2.22. The van der Waals surface area contributed by atoms with E-state index in [0.717, 1.165) is 10.9 Å². The van der Waals surface area contributed by atoms with Gasteiger partial charge in [0.25, 0.3) is 0 Å². The maximum atomic E-state index is 4.62. The van der Waals surface area contributed by atoms with Crippen LogP contribution in [-0.2, 0) is 6.54 Å². The molecule has 2 unspecified atom stereocenters. The Labute approximate surface area is 107 Å². The minimum absolute atomic E-state index is 0.523. The fraction of sp³-hybridized carbons (Fsp3) is 0.538. The fourth-order valence-corrected chi connectivity index (χ4v) is 3.13. The zero-order chi connectivity index (χ0) is 12.3. The van der Waals surface area contributed by atoms with E-state index in [-0.39, 0.29) is 0 Å². The molecule has 2 atom stereocenters. The van der Waals surface area contributed by atoms with Crippen molar-refractivity contribution >= 4 is 16.9 Å². The van der Waals surface area contributed by atoms with Crippen molar-refractivity contribution in [1.82, 2.24) is 10.3 Å². The van der Waals surface area contributed by atoms with Crippen LogP contribution in [0.2, 0.25) is 0 Å². The van der Waals surface area contributed by atoms with Crippen LogP contribution >= 0.6 is 11.8 Å². The van der Waals surface area contributed by atoms with Crippen molar-refractivity contribution < 1.29 is 0 Å². The third-order valence-corrected chi connectivity index (χ3v) is 3.92. The highest BCUT2D eigenvalue weighted by molar-refractivity contribution is 8.14. The van der Waals surface area contributed by atoms with E-state index < -0.39 is 0 Å². The molecule has 1 aromatic heterocycles. The topological polar surface area (TPSA) is 37.3 Å². The van der Waals surface area contributed by atoms with E-state index in [2.05, 4.69) is 42.1 Å². The number of aromatic nitrogens is 1. The van der Waals surface area contributed by atoms with Gasteiger partial charge in [-0.15, -0.1) is 0 Å². The van der Waals surface area contributed by atoms with Crippen molar-refractivity contribution in [2.24, 2.45) is 4.99 Å². The number of hydrogen-bond donors (Lipinski definition) is 1. The first kappa shape index (κ1) is 12.4. The summed E-state index contributed by atoms with van der Waals surface area (Å²) in [7, 11) is 0. The number of thioether (sulfide) groups is 1. The molecular weight excluding hydrogens is 230 g/mol. The molecule has 3 nitrogen and oxygen atoms in total. The molecule has 2 heterocycles. The molecule has 0 spiro atoms. The van der Waals surface area contributed by atoms with Gasteiger partial charge >= 0.3 is 0 Å². The Morgan fingerprint density at radius 1 is 1.53 bits per heavy atom. The molecule has 0 aliphatic carbocycles. The Kier molecular flexibility index (Phi) is 4.05. The molecule has 1 aliphatic rings. The predicted octanol–water partition coefficient (Wildman–Crippen LogP) is 2.75. The lowest BCUT2D eigenvalue weighted by atomic mass is 10.2. The standard InChI is InChI=1S/C13H19N3S/c1-9-5-4-6-14-12(9)8-15-13-16-10(2)7-11(3)17-13/h4-6,10-11H,7-8H2,1-3H3,(H,15,16). The smallest absolute Gasteiger partial charge is 0.157 e. The van der Waals surface area contributed by atoms with E-state index in [9.17, 15) is 0 Å². The van der Waals surface area contributed by atoms with Gasteiger partial charge < -0.3 is 5.32 Å². The van der Waals surface area contributed by atoms with E-state index in [4.69, 9.17) is 0 Å². The van der Waals surface area contributed by atoms with Crippen LogP contribution in [0.5, 0.6) is 0 Å². The first-order valence-corrected chi connectivity index (χ1v) is 6.91. The Morgan fingerprint density at radius 2 is 2.35 bits per heavy atom. The average Bonchev–Trinajstić information content (AvgIpc) is 2.27. The molecule has 0 saturated carbocycles. The molecule has 1 saturated heterocycles. The Hall–Kier alpha value is -1.03. The van der Waals surface area contributed by atoms with Crippen molar-refractivity contribution in [2.75, 3.05) is 0 Å². The summed E-state index contributed by atoms with van der Waals surface area (Å²) < 4.78 is 0. The third kappa shape index (κ3) is 3.46. The third-order valence-electron chi connectivity index (χ3n) is 2.86. The van der Waals surface area contributed by atoms with Gasteiger partial charge in [0, 0.05) is 17.5 Å². The van der Waals surface area contributed by atoms with Gasteiger partial charge in [-0.05, 0) is 31.9 Å². The largest absolute Gasteiger partial charge is 0.362 e. The average molecular weight is 249 g/mol. The second-order valence-electron chi connectivity index (χ2n) is 4.60. The summed E-state index contributed by atoms with van der Waals surface area (Å²) in [6.45, 7) is 7.21. The maximum Gasteiger partial charge on any atom is 0.157 e. The highest BCUT2D eigenvalue weighted by atomic mass is 32.2. The lowest BCUT2D eigenvalue weighted by Gasteiger charge is -2.26. The molecule has 0 bridgehead atoms. The highest BCUT2D eigenvalue weighted by Gasteiger charge is 2.19. The SMILES string of the molecule is Cc1cccnc1CN=C1NC(C)CC(C)S1. The van der Waals surface area contributed by atoms with Gasteiger partial charge in [-0.2, -0.15) is 0 Å². The van der Waals surface area contributed by atoms with Gasteiger partial charge in [0.1, 0.15) is 0 Å². The zero-order valence-electron chi connectivity index (χ0n) is 10.6. The predicted molar refractivity (Wildman–Crippen MR) is 74.4 cm³/mol. The monoisotopic (exact) mass is 249 g/mol. The number of nitrogens with zero attached hydrogens (tertiary/aromatic N) is 2. The Morgan fingerprint density at radius 3 is 3.06 bits per heavy atom. The van der Waals surface area contributed by atoms with E-state index >= 15 is 0 Å². The Bertz CT molecular complexity index is 405. The van der Waals surface area contributed by atoms with Crippen molar-refractivity contribution in [3.63, 3.8) is 0 Å². The van der Waals surface area contributed by atoms with Crippen LogP contribution in [0.25, 0.3) is 0 Å². The van der Waals surface area contributed by atoms with Crippen molar-refractivity contribution in [2.45, 2.75) is 45.0 Å². The Balaban J connectivity index is 2.03. The number of hydrogen-bond acceptors (Lipinski definition) is 3. The molecular formula is C13H19N3S. The molecule has 1 aromatic rings. The van der Waals surface area contributed by atoms with Gasteiger partial charge in [0.15, 0.2) is 5.17 Å². The number of rotatable bonds is 2. The summed E-state index contributed by atoms with van der Waals surface area (Å²) in [5, 5.41) is 5.13. The molecule has 1 N–H and O–H groups in total. The summed E-state index contributed by atoms with van der Waals surface area (Å²) in [4.78, 5) is 8.98. The second-order valence-corrected chi connectivity index (χ2v) is 6.03. The van der Waals surface area contributed by atoms with Crippen LogP contribution in [0.1, 0.15) is 31.5 Å². The van der Waals surface area contributed by atoms with Gasteiger partial charge in [-0.1, -0.05) is 24.8 Å². The van der Waals surface area contributed by atoms with E-state index in [1.807, 2.05) is 24.0 Å². The van der Waals surface area contributed by atoms with Gasteiger partial charge in [0.2, 0.25) is 0 Å². The minimum atomic E-state index is 0.523. The van der Waals surface area contributed by atoms with Crippen LogP contribution in [0, 0.1) is 6.92 Å². The van der Waals surface area contributed by atoms with Crippen molar-refractivity contribution in [1.29, 1.82) is 0 Å². The fourth-order valence-electron chi connectivity index (χ4n) is 1.95. The van der Waals surface area contributed by atoms with E-state index in [1.165, 1.54) is 12.0 Å². The molecule has 0 radical (unpaired) electrons. The number of aliphatic imine (C=N–C) groups is 1. The van der Waals surface area contributed by atoms with Crippen LogP contribution < -0.4 is 5.32 Å². The molecule has 92 valence electrons. The van der Waals surface area contributed by atoms with Gasteiger partial charge in [0.05, 0.1) is 12.2 Å². The van der Waals surface area contributed by atoms with Crippen LogP contribution in [0.15, 0.2) is 23.3 Å². The number of nitrogens with one attached hydrogen (secondary N) is 1. The quantitative estimate of drug-likeness (QED) is 0.875. The number of aryl methyl sites for hydroxylation is 1. The summed E-state index contributed by atoms with van der Waals surface area (Å²) in [5.74, 6) is 0. The number of pyridine rings is 1. The normalized spacial score (nSPS) is 26.9. The van der Waals surface area contributed by atoms with Gasteiger partial charge in [-0.25, -0.2) is 0 Å². The molecule has 17 heavy (non-hydrogen) atoms. The minimum Gasteiger partial charge on any atom is -0.362 e. The lowest BCUT2D eigenvalue weighted by Crippen LogP contribution is -2.38. The maximum absolute atomic E-state index is 4.62.